The highest BCUT2D eigenvalue weighted by atomic mass is 35.5. The molecule has 168 valence electrons. The Bertz CT molecular complexity index is 810. The molecule has 2 aromatic carbocycles. The molecule has 0 spiro atoms. The maximum absolute atomic E-state index is 13.0. The van der Waals surface area contributed by atoms with Crippen molar-refractivity contribution < 1.29 is 9.53 Å². The van der Waals surface area contributed by atoms with Gasteiger partial charge in [-0.05, 0) is 49.3 Å². The van der Waals surface area contributed by atoms with Crippen LogP contribution in [0.3, 0.4) is 0 Å². The number of halogens is 2. The van der Waals surface area contributed by atoms with Crippen LogP contribution >= 0.6 is 23.2 Å². The minimum Gasteiger partial charge on any atom is -0.490 e. The topological polar surface area (TPSA) is 29.5 Å². The number of nitrogens with zero attached hydrogens (tertiary/aromatic N) is 1. The van der Waals surface area contributed by atoms with Gasteiger partial charge in [0.1, 0.15) is 0 Å². The van der Waals surface area contributed by atoms with Gasteiger partial charge in [-0.1, -0.05) is 86.1 Å². The Balaban J connectivity index is 1.51. The molecule has 0 N–H and O–H groups in total. The normalized spacial score (nSPS) is 14.6. The van der Waals surface area contributed by atoms with Crippen molar-refractivity contribution in [2.75, 3.05) is 19.7 Å². The van der Waals surface area contributed by atoms with Crippen molar-refractivity contribution in [3.63, 3.8) is 0 Å². The number of hydrogen-bond acceptors (Lipinski definition) is 2. The smallest absolute Gasteiger partial charge is 0.253 e. The van der Waals surface area contributed by atoms with E-state index in [0.29, 0.717) is 33.9 Å². The summed E-state index contributed by atoms with van der Waals surface area (Å²) in [5, 5.41) is 0.812. The first-order valence-corrected chi connectivity index (χ1v) is 12.3. The summed E-state index contributed by atoms with van der Waals surface area (Å²) in [5.74, 6) is 1.09. The van der Waals surface area contributed by atoms with Crippen LogP contribution in [0.25, 0.3) is 0 Å². The number of ether oxygens (including phenoxy) is 1. The van der Waals surface area contributed by atoms with Crippen LogP contribution in [-0.2, 0) is 6.42 Å². The number of hydrogen-bond donors (Lipinski definition) is 0. The van der Waals surface area contributed by atoms with Gasteiger partial charge in [0.2, 0.25) is 0 Å². The number of unbranched alkanes of at least 4 members (excludes halogenated alkanes) is 4. The zero-order valence-corrected chi connectivity index (χ0v) is 19.9. The Morgan fingerprint density at radius 1 is 1.00 bits per heavy atom. The monoisotopic (exact) mass is 461 g/mol. The number of rotatable bonds is 10. The summed E-state index contributed by atoms with van der Waals surface area (Å²) in [6.45, 7) is 4.32. The maximum atomic E-state index is 13.0. The second-order valence-electron chi connectivity index (χ2n) is 8.46. The van der Waals surface area contributed by atoms with Crippen molar-refractivity contribution in [1.82, 2.24) is 4.90 Å². The largest absolute Gasteiger partial charge is 0.490 e. The van der Waals surface area contributed by atoms with Gasteiger partial charge in [-0.25, -0.2) is 0 Å². The molecule has 31 heavy (non-hydrogen) atoms. The van der Waals surface area contributed by atoms with E-state index in [0.717, 1.165) is 45.2 Å². The molecule has 1 saturated heterocycles. The van der Waals surface area contributed by atoms with Gasteiger partial charge >= 0.3 is 0 Å². The van der Waals surface area contributed by atoms with E-state index in [4.69, 9.17) is 27.9 Å². The summed E-state index contributed by atoms with van der Waals surface area (Å²) in [5.41, 5.74) is 1.90. The zero-order valence-electron chi connectivity index (χ0n) is 18.4. The van der Waals surface area contributed by atoms with Crippen molar-refractivity contribution in [3.05, 3.63) is 63.6 Å². The lowest BCUT2D eigenvalue weighted by Gasteiger charge is -2.32. The molecule has 0 aromatic heterocycles. The maximum Gasteiger partial charge on any atom is 0.253 e. The van der Waals surface area contributed by atoms with Crippen LogP contribution in [0.5, 0.6) is 5.75 Å². The van der Waals surface area contributed by atoms with Crippen molar-refractivity contribution in [2.24, 2.45) is 5.92 Å². The third-order valence-electron chi connectivity index (χ3n) is 6.01. The Morgan fingerprint density at radius 2 is 1.65 bits per heavy atom. The quantitative estimate of drug-likeness (QED) is 0.344. The third kappa shape index (κ3) is 7.15. The Kier molecular flexibility index (Phi) is 9.54. The van der Waals surface area contributed by atoms with Gasteiger partial charge < -0.3 is 9.64 Å². The second kappa shape index (κ2) is 12.4. The summed E-state index contributed by atoms with van der Waals surface area (Å²) in [6, 6.07) is 14.0. The van der Waals surface area contributed by atoms with E-state index in [2.05, 4.69) is 31.2 Å². The van der Waals surface area contributed by atoms with Gasteiger partial charge in [-0.2, -0.15) is 0 Å². The van der Waals surface area contributed by atoms with Crippen molar-refractivity contribution >= 4 is 29.1 Å². The number of piperidine rings is 1. The molecule has 0 saturated carbocycles. The van der Waals surface area contributed by atoms with Crippen LogP contribution < -0.4 is 4.74 Å². The highest BCUT2D eigenvalue weighted by Crippen LogP contribution is 2.35. The SMILES string of the molecule is CCCCCCCOc1c(Cl)cc(C(=O)N2CCC(Cc3ccccc3)CC2)cc1Cl. The molecule has 1 amide bonds. The molecule has 0 radical (unpaired) electrons. The fraction of sp³-hybridized carbons (Fsp3) is 0.500. The average molecular weight is 462 g/mol. The molecule has 1 aliphatic rings. The van der Waals surface area contributed by atoms with Gasteiger partial charge in [-0.3, -0.25) is 4.79 Å². The third-order valence-corrected chi connectivity index (χ3v) is 6.57. The molecular formula is C26H33Cl2NO2. The highest BCUT2D eigenvalue weighted by Gasteiger charge is 2.25. The first-order valence-electron chi connectivity index (χ1n) is 11.5. The molecule has 0 atom stereocenters. The molecule has 2 aromatic rings. The molecule has 1 fully saturated rings. The Morgan fingerprint density at radius 3 is 2.29 bits per heavy atom. The first kappa shape index (κ1) is 23.9. The van der Waals surface area contributed by atoms with Crippen molar-refractivity contribution in [3.8, 4) is 5.75 Å². The van der Waals surface area contributed by atoms with Crippen LogP contribution in [0.2, 0.25) is 10.0 Å². The van der Waals surface area contributed by atoms with Gasteiger partial charge in [-0.15, -0.1) is 0 Å². The van der Waals surface area contributed by atoms with Crippen molar-refractivity contribution in [1.29, 1.82) is 0 Å². The Labute approximate surface area is 196 Å². The lowest BCUT2D eigenvalue weighted by Crippen LogP contribution is -2.38. The summed E-state index contributed by atoms with van der Waals surface area (Å²) in [7, 11) is 0. The standard InChI is InChI=1S/C26H33Cl2NO2/c1-2-3-4-5-9-16-31-25-23(27)18-22(19-24(25)28)26(30)29-14-12-21(13-15-29)17-20-10-7-6-8-11-20/h6-8,10-11,18-19,21H,2-5,9,12-17H2,1H3. The molecule has 0 bridgehead atoms. The predicted octanol–water partition coefficient (Wildman–Crippen LogP) is 7.44. The fourth-order valence-corrected chi connectivity index (χ4v) is 4.77. The molecule has 0 unspecified atom stereocenters. The average Bonchev–Trinajstić information content (AvgIpc) is 2.78. The minimum atomic E-state index is -0.00641. The number of likely N-dealkylation sites (tertiary alicyclic amines) is 1. The molecule has 3 rings (SSSR count). The number of carbonyl (C=O) groups is 1. The lowest BCUT2D eigenvalue weighted by molar-refractivity contribution is 0.0690. The molecule has 1 aliphatic heterocycles. The van der Waals surface area contributed by atoms with E-state index in [1.54, 1.807) is 12.1 Å². The molecule has 1 heterocycles. The summed E-state index contributed by atoms with van der Waals surface area (Å²) >= 11 is 12.8. The van der Waals surface area contributed by atoms with Crippen LogP contribution in [0.4, 0.5) is 0 Å². The Hall–Kier alpha value is -1.71. The van der Waals surface area contributed by atoms with Crippen LogP contribution in [0.1, 0.15) is 67.8 Å². The van der Waals surface area contributed by atoms with Gasteiger partial charge in [0.05, 0.1) is 16.7 Å². The van der Waals surface area contributed by atoms with Gasteiger partial charge in [0.25, 0.3) is 5.91 Å². The number of carbonyl (C=O) groups excluding carboxylic acids is 1. The van der Waals surface area contributed by atoms with E-state index in [-0.39, 0.29) is 5.91 Å². The number of amides is 1. The predicted molar refractivity (Wildman–Crippen MR) is 129 cm³/mol. The van der Waals surface area contributed by atoms with Crippen LogP contribution in [-0.4, -0.2) is 30.5 Å². The fourth-order valence-electron chi connectivity index (χ4n) is 4.17. The van der Waals surface area contributed by atoms with E-state index in [1.165, 1.54) is 24.8 Å². The summed E-state index contributed by atoms with van der Waals surface area (Å²) in [6.07, 6.45) is 8.91. The van der Waals surface area contributed by atoms with Gasteiger partial charge in [0, 0.05) is 18.7 Å². The van der Waals surface area contributed by atoms with E-state index in [1.807, 2.05) is 11.0 Å². The van der Waals surface area contributed by atoms with Crippen LogP contribution in [0.15, 0.2) is 42.5 Å². The first-order chi connectivity index (χ1) is 15.1. The summed E-state index contributed by atoms with van der Waals surface area (Å²) < 4.78 is 5.81. The van der Waals surface area contributed by atoms with Crippen LogP contribution in [0, 0.1) is 5.92 Å². The minimum absolute atomic E-state index is 0.00641. The van der Waals surface area contributed by atoms with Crippen molar-refractivity contribution in [2.45, 2.75) is 58.3 Å². The molecule has 0 aliphatic carbocycles. The van der Waals surface area contributed by atoms with E-state index >= 15 is 0 Å². The number of benzene rings is 2. The van der Waals surface area contributed by atoms with E-state index in [9.17, 15) is 4.79 Å². The van der Waals surface area contributed by atoms with Gasteiger partial charge in [0.15, 0.2) is 5.75 Å². The second-order valence-corrected chi connectivity index (χ2v) is 9.27. The molecule has 3 nitrogen and oxygen atoms in total. The molecule has 5 heteroatoms. The van der Waals surface area contributed by atoms with E-state index < -0.39 is 0 Å². The lowest BCUT2D eigenvalue weighted by atomic mass is 9.90. The molecular weight excluding hydrogens is 429 g/mol. The zero-order chi connectivity index (χ0) is 22.1. The highest BCUT2D eigenvalue weighted by molar-refractivity contribution is 6.37. The summed E-state index contributed by atoms with van der Waals surface area (Å²) in [4.78, 5) is 14.9.